The van der Waals surface area contributed by atoms with Gasteiger partial charge in [-0.05, 0) is 38.0 Å². The van der Waals surface area contributed by atoms with Crippen LogP contribution in [0.15, 0.2) is 24.3 Å². The molecule has 2 unspecified atom stereocenters. The summed E-state index contributed by atoms with van der Waals surface area (Å²) in [4.78, 5) is 53.0. The zero-order valence-electron chi connectivity index (χ0n) is 37.4. The Morgan fingerprint density at radius 2 is 1.31 bits per heavy atom. The molecular formula is C43H80O17P2. The van der Waals surface area contributed by atoms with Crippen LogP contribution in [0.3, 0.4) is 0 Å². The van der Waals surface area contributed by atoms with Crippen molar-refractivity contribution in [2.45, 2.75) is 199 Å². The van der Waals surface area contributed by atoms with Gasteiger partial charge in [0.15, 0.2) is 12.4 Å². The van der Waals surface area contributed by atoms with Crippen molar-refractivity contribution in [1.29, 1.82) is 0 Å². The summed E-state index contributed by atoms with van der Waals surface area (Å²) in [5.74, 6) is -0.822. The molecule has 0 aliphatic carbocycles. The zero-order valence-corrected chi connectivity index (χ0v) is 39.2. The lowest BCUT2D eigenvalue weighted by Gasteiger charge is -2.36. The Bertz CT molecular complexity index is 1320. The molecule has 0 aromatic carbocycles. The van der Waals surface area contributed by atoms with Gasteiger partial charge in [0.05, 0.1) is 38.1 Å². The van der Waals surface area contributed by atoms with Crippen LogP contribution in [0.25, 0.3) is 0 Å². The molecule has 1 aliphatic rings. The summed E-state index contributed by atoms with van der Waals surface area (Å²) < 4.78 is 53.5. The Balaban J connectivity index is 2.60. The van der Waals surface area contributed by atoms with E-state index in [-0.39, 0.29) is 25.2 Å². The number of aliphatic hydroxyl groups excluding tert-OH is 4. The molecule has 0 aromatic heterocycles. The van der Waals surface area contributed by atoms with Crippen LogP contribution < -0.4 is 0 Å². The van der Waals surface area contributed by atoms with Crippen LogP contribution in [-0.4, -0.2) is 110 Å². The molecule has 0 amide bonds. The molecule has 364 valence electrons. The smallest absolute Gasteiger partial charge is 0.462 e. The summed E-state index contributed by atoms with van der Waals surface area (Å²) in [6.07, 6.45) is 19.4. The van der Waals surface area contributed by atoms with Gasteiger partial charge in [0.2, 0.25) is 0 Å². The summed E-state index contributed by atoms with van der Waals surface area (Å²) in [5.41, 5.74) is 0. The maximum absolute atomic E-state index is 12.8. The molecule has 0 aromatic rings. The molecule has 19 heteroatoms. The Labute approximate surface area is 369 Å². The number of phosphoric ester groups is 2. The third-order valence-corrected chi connectivity index (χ3v) is 11.7. The number of carbonyl (C=O) groups is 2. The van der Waals surface area contributed by atoms with Crippen LogP contribution in [0.1, 0.15) is 162 Å². The Hall–Kier alpha value is -1.56. The summed E-state index contributed by atoms with van der Waals surface area (Å²) in [6, 6.07) is 0. The summed E-state index contributed by atoms with van der Waals surface area (Å²) in [7, 11) is -9.78. The van der Waals surface area contributed by atoms with E-state index in [0.717, 1.165) is 50.9 Å². The van der Waals surface area contributed by atoms with Gasteiger partial charge in [-0.15, -0.1) is 0 Å². The van der Waals surface area contributed by atoms with Crippen LogP contribution >= 0.6 is 15.6 Å². The largest absolute Gasteiger partial charge is 0.472 e. The molecule has 0 spiro atoms. The average molecular weight is 931 g/mol. The molecule has 0 bridgehead atoms. The standard InChI is InChI=1S/C43H80O17P2/c1-4-5-17-23-35(44)27-28-40-38(39(46)29-43(49)60-40)24-19-15-16-21-26-42(48)59-37(33-58-62(53,54)57-31-36(45)30-56-61(50,51)52)32-55-41(47)25-20-14-12-10-8-6-7-9-11-13-18-22-34(2)3/h15,19,27-28,34-40,43-46,49H,4-14,16-18,20-26,29-33H2,1-3H3,(H,53,54)(H2,50,51,52)/b19-15-,28-27+/t35-,36-,37+,38-,39-,40+,43?/m0/s1. The Morgan fingerprint density at radius 1 is 0.726 bits per heavy atom. The maximum Gasteiger partial charge on any atom is 0.472 e. The number of hydrogen-bond donors (Lipinski definition) is 7. The number of phosphoric acid groups is 2. The highest BCUT2D eigenvalue weighted by molar-refractivity contribution is 7.47. The van der Waals surface area contributed by atoms with E-state index in [4.69, 9.17) is 28.5 Å². The third-order valence-electron chi connectivity index (χ3n) is 10.3. The topological polar surface area (TPSA) is 265 Å². The normalized spacial score (nSPS) is 21.0. The third kappa shape index (κ3) is 33.0. The number of hydrogen-bond acceptors (Lipinski definition) is 14. The molecule has 0 saturated carbocycles. The first kappa shape index (κ1) is 58.5. The van der Waals surface area contributed by atoms with Crippen LogP contribution in [0.4, 0.5) is 0 Å². The van der Waals surface area contributed by atoms with E-state index in [2.05, 4.69) is 29.8 Å². The van der Waals surface area contributed by atoms with Crippen molar-refractivity contribution < 1.29 is 81.6 Å². The highest BCUT2D eigenvalue weighted by atomic mass is 31.2. The van der Waals surface area contributed by atoms with E-state index in [9.17, 15) is 44.0 Å². The van der Waals surface area contributed by atoms with Gasteiger partial charge in [-0.25, -0.2) is 9.13 Å². The first-order valence-corrected chi connectivity index (χ1v) is 25.8. The van der Waals surface area contributed by atoms with Crippen molar-refractivity contribution in [3.63, 3.8) is 0 Å². The fraction of sp³-hybridized carbons (Fsp3) is 0.860. The fourth-order valence-corrected chi connectivity index (χ4v) is 7.90. The van der Waals surface area contributed by atoms with Crippen molar-refractivity contribution >= 4 is 27.6 Å². The second-order valence-electron chi connectivity index (χ2n) is 16.7. The lowest BCUT2D eigenvalue weighted by atomic mass is 9.87. The predicted molar refractivity (Wildman–Crippen MR) is 233 cm³/mol. The van der Waals surface area contributed by atoms with Crippen LogP contribution in [0.2, 0.25) is 0 Å². The van der Waals surface area contributed by atoms with Gasteiger partial charge in [-0.3, -0.25) is 23.2 Å². The van der Waals surface area contributed by atoms with E-state index in [1.165, 1.54) is 44.9 Å². The second kappa shape index (κ2) is 34.7. The molecule has 1 aliphatic heterocycles. The first-order valence-electron chi connectivity index (χ1n) is 22.8. The van der Waals surface area contributed by atoms with Crippen molar-refractivity contribution in [3.8, 4) is 0 Å². The van der Waals surface area contributed by atoms with Gasteiger partial charge in [-0.1, -0.05) is 135 Å². The van der Waals surface area contributed by atoms with Crippen molar-refractivity contribution in [2.24, 2.45) is 11.8 Å². The Kier molecular flexibility index (Phi) is 32.8. The zero-order chi connectivity index (χ0) is 46.2. The SMILES string of the molecule is CCCCC[C@H](O)/C=C/[C@H]1OC(O)C[C@H](O)[C@@H]1C/C=C\CCCC(=O)O[C@H](COC(=O)CCCCCCCCCCCCCC(C)C)COP(=O)(O)OC[C@@H](O)COP(=O)(O)O. The predicted octanol–water partition coefficient (Wildman–Crippen LogP) is 7.47. The number of esters is 2. The molecule has 8 atom stereocenters. The van der Waals surface area contributed by atoms with E-state index in [1.54, 1.807) is 12.2 Å². The molecule has 1 saturated heterocycles. The highest BCUT2D eigenvalue weighted by Crippen LogP contribution is 2.44. The average Bonchev–Trinajstić information content (AvgIpc) is 3.19. The molecule has 1 rings (SSSR count). The molecule has 62 heavy (non-hydrogen) atoms. The number of allylic oxidation sites excluding steroid dienone is 2. The van der Waals surface area contributed by atoms with Gasteiger partial charge >= 0.3 is 27.6 Å². The lowest BCUT2D eigenvalue weighted by Crippen LogP contribution is -2.43. The number of aliphatic hydroxyl groups is 4. The number of ether oxygens (including phenoxy) is 3. The summed E-state index contributed by atoms with van der Waals surface area (Å²) in [6.45, 7) is 3.64. The van der Waals surface area contributed by atoms with Crippen LogP contribution in [-0.2, 0) is 46.5 Å². The minimum Gasteiger partial charge on any atom is -0.462 e. The van der Waals surface area contributed by atoms with Gasteiger partial charge in [0.1, 0.15) is 12.7 Å². The summed E-state index contributed by atoms with van der Waals surface area (Å²) >= 11 is 0. The maximum atomic E-state index is 12.8. The summed E-state index contributed by atoms with van der Waals surface area (Å²) in [5, 5.41) is 40.8. The highest BCUT2D eigenvalue weighted by Gasteiger charge is 2.35. The van der Waals surface area contributed by atoms with Crippen LogP contribution in [0, 0.1) is 11.8 Å². The molecule has 1 fully saturated rings. The minimum absolute atomic E-state index is 0.0567. The first-order chi connectivity index (χ1) is 29.4. The van der Waals surface area contributed by atoms with E-state index in [0.29, 0.717) is 32.1 Å². The monoisotopic (exact) mass is 930 g/mol. The van der Waals surface area contributed by atoms with Gasteiger partial charge in [0, 0.05) is 25.2 Å². The van der Waals surface area contributed by atoms with E-state index in [1.807, 2.05) is 12.2 Å². The van der Waals surface area contributed by atoms with Gasteiger partial charge < -0.3 is 49.3 Å². The molecule has 17 nitrogen and oxygen atoms in total. The number of unbranched alkanes of at least 4 members (excludes halogenated alkanes) is 13. The fourth-order valence-electron chi connectivity index (χ4n) is 6.75. The minimum atomic E-state index is -4.90. The number of rotatable bonds is 38. The molecular weight excluding hydrogens is 850 g/mol. The molecule has 7 N–H and O–H groups in total. The quantitative estimate of drug-likeness (QED) is 0.0137. The van der Waals surface area contributed by atoms with E-state index >= 15 is 0 Å². The van der Waals surface area contributed by atoms with Crippen molar-refractivity contribution in [2.75, 3.05) is 26.4 Å². The Morgan fingerprint density at radius 3 is 1.94 bits per heavy atom. The van der Waals surface area contributed by atoms with E-state index < -0.39 is 90.8 Å². The van der Waals surface area contributed by atoms with Gasteiger partial charge in [0.25, 0.3) is 0 Å². The number of carbonyl (C=O) groups excluding carboxylic acids is 2. The van der Waals surface area contributed by atoms with Gasteiger partial charge in [-0.2, -0.15) is 0 Å². The van der Waals surface area contributed by atoms with Crippen molar-refractivity contribution in [1.82, 2.24) is 0 Å². The molecule has 1 heterocycles. The lowest BCUT2D eigenvalue weighted by molar-refractivity contribution is -0.199. The van der Waals surface area contributed by atoms with Crippen molar-refractivity contribution in [3.05, 3.63) is 24.3 Å². The second-order valence-corrected chi connectivity index (χ2v) is 19.4. The molecule has 0 radical (unpaired) electrons. The van der Waals surface area contributed by atoms with Crippen LogP contribution in [0.5, 0.6) is 0 Å².